The molecule has 1 amide bonds. The molecule has 0 heterocycles. The average Bonchev–Trinajstić information content (AvgIpc) is 2.69. The van der Waals surface area contributed by atoms with Crippen molar-refractivity contribution in [2.24, 2.45) is 4.99 Å². The number of likely N-dealkylation sites (N-methyl/N-ethyl adjacent to an activating group) is 1. The molecule has 0 radical (unpaired) electrons. The molecule has 1 aliphatic rings. The lowest BCUT2D eigenvalue weighted by molar-refractivity contribution is -0.137. The predicted octanol–water partition coefficient (Wildman–Crippen LogP) is 4.12. The van der Waals surface area contributed by atoms with Crippen molar-refractivity contribution in [3.05, 3.63) is 35.4 Å². The van der Waals surface area contributed by atoms with E-state index in [0.29, 0.717) is 16.8 Å². The van der Waals surface area contributed by atoms with Gasteiger partial charge in [0, 0.05) is 25.4 Å². The van der Waals surface area contributed by atoms with Gasteiger partial charge < -0.3 is 15.5 Å². The van der Waals surface area contributed by atoms with Crippen molar-refractivity contribution in [1.82, 2.24) is 15.5 Å². The van der Waals surface area contributed by atoms with Crippen LogP contribution in [0, 0.1) is 0 Å². The Morgan fingerprint density at radius 1 is 1.30 bits per heavy atom. The lowest BCUT2D eigenvalue weighted by atomic mass is 9.95. The molecule has 30 heavy (non-hydrogen) atoms. The van der Waals surface area contributed by atoms with Crippen LogP contribution in [0.3, 0.4) is 0 Å². The Hall–Kier alpha value is -1.17. The summed E-state index contributed by atoms with van der Waals surface area (Å²) in [5.74, 6) is 0.341. The van der Waals surface area contributed by atoms with Crippen LogP contribution in [0.25, 0.3) is 0 Å². The van der Waals surface area contributed by atoms with E-state index in [1.807, 2.05) is 11.8 Å². The number of aliphatic imine (C=N–C) groups is 1. The summed E-state index contributed by atoms with van der Waals surface area (Å²) < 4.78 is 38.8. The molecule has 1 aromatic carbocycles. The van der Waals surface area contributed by atoms with Crippen LogP contribution >= 0.6 is 35.7 Å². The summed E-state index contributed by atoms with van der Waals surface area (Å²) in [6, 6.07) is 5.38. The minimum Gasteiger partial charge on any atom is -0.354 e. The number of thioether (sulfide) groups is 1. The first-order valence-electron chi connectivity index (χ1n) is 9.63. The Kier molecular flexibility index (Phi) is 11.3. The van der Waals surface area contributed by atoms with E-state index in [1.165, 1.54) is 17.4 Å². The molecule has 2 unspecified atom stereocenters. The maximum absolute atomic E-state index is 12.9. The first kappa shape index (κ1) is 26.9. The molecule has 1 aromatic rings. The van der Waals surface area contributed by atoms with Crippen molar-refractivity contribution in [2.45, 2.75) is 49.7 Å². The fraction of sp³-hybridized carbons (Fsp3) is 0.600. The summed E-state index contributed by atoms with van der Waals surface area (Å²) in [7, 11) is 3.34. The Morgan fingerprint density at radius 3 is 2.67 bits per heavy atom. The van der Waals surface area contributed by atoms with Crippen molar-refractivity contribution in [2.75, 3.05) is 26.9 Å². The van der Waals surface area contributed by atoms with Gasteiger partial charge in [-0.3, -0.25) is 4.79 Å². The standard InChI is InChI=1S/C20H29F3N4OS.HI/c1-27(2)18(28)13-25-19(26-16-8-5-9-17(11-16)29-3)24-12-14-6-4-7-15(10-14)20(21,22)23;/h4,6-7,10,16-17H,5,8-9,11-13H2,1-3H3,(H2,24,25,26);1H. The molecule has 1 saturated carbocycles. The molecule has 0 bridgehead atoms. The Balaban J connectivity index is 0.00000450. The van der Waals surface area contributed by atoms with Gasteiger partial charge in [-0.15, -0.1) is 24.0 Å². The fourth-order valence-corrected chi connectivity index (χ4v) is 4.00. The highest BCUT2D eigenvalue weighted by Gasteiger charge is 2.30. The van der Waals surface area contributed by atoms with Gasteiger partial charge in [0.05, 0.1) is 18.7 Å². The van der Waals surface area contributed by atoms with E-state index in [0.717, 1.165) is 31.4 Å². The number of halogens is 4. The van der Waals surface area contributed by atoms with Gasteiger partial charge in [-0.25, -0.2) is 4.99 Å². The van der Waals surface area contributed by atoms with Crippen molar-refractivity contribution in [3.63, 3.8) is 0 Å². The lowest BCUT2D eigenvalue weighted by Gasteiger charge is -2.30. The van der Waals surface area contributed by atoms with Crippen LogP contribution < -0.4 is 10.6 Å². The molecule has 1 fully saturated rings. The first-order valence-corrected chi connectivity index (χ1v) is 10.9. The molecule has 0 spiro atoms. The number of nitrogens with zero attached hydrogens (tertiary/aromatic N) is 2. The summed E-state index contributed by atoms with van der Waals surface area (Å²) in [5.41, 5.74) is -0.226. The smallest absolute Gasteiger partial charge is 0.354 e. The molecule has 10 heteroatoms. The van der Waals surface area contributed by atoms with E-state index in [1.54, 1.807) is 20.2 Å². The van der Waals surface area contributed by atoms with Crippen LogP contribution in [0.5, 0.6) is 0 Å². The average molecular weight is 558 g/mol. The summed E-state index contributed by atoms with van der Waals surface area (Å²) in [6.07, 6.45) is 2.01. The molecule has 2 N–H and O–H groups in total. The maximum Gasteiger partial charge on any atom is 0.416 e. The van der Waals surface area contributed by atoms with Gasteiger partial charge in [0.2, 0.25) is 5.91 Å². The number of carbonyl (C=O) groups excluding carboxylic acids is 1. The van der Waals surface area contributed by atoms with Crippen LogP contribution in [0.4, 0.5) is 13.2 Å². The Bertz CT molecular complexity index is 716. The molecule has 170 valence electrons. The van der Waals surface area contributed by atoms with E-state index in [2.05, 4.69) is 21.9 Å². The van der Waals surface area contributed by atoms with Gasteiger partial charge in [-0.05, 0) is 43.2 Å². The zero-order valence-corrected chi connectivity index (χ0v) is 20.6. The van der Waals surface area contributed by atoms with Gasteiger partial charge >= 0.3 is 6.18 Å². The van der Waals surface area contributed by atoms with Crippen molar-refractivity contribution >= 4 is 47.6 Å². The second-order valence-corrected chi connectivity index (χ2v) is 8.51. The molecule has 2 rings (SSSR count). The van der Waals surface area contributed by atoms with Gasteiger partial charge in [-0.1, -0.05) is 18.6 Å². The Morgan fingerprint density at radius 2 is 2.03 bits per heavy atom. The second kappa shape index (κ2) is 12.6. The normalized spacial score (nSPS) is 19.6. The van der Waals surface area contributed by atoms with Crippen LogP contribution in [-0.4, -0.2) is 55.0 Å². The molecule has 5 nitrogen and oxygen atoms in total. The highest BCUT2D eigenvalue weighted by atomic mass is 127. The largest absolute Gasteiger partial charge is 0.416 e. The summed E-state index contributed by atoms with van der Waals surface area (Å²) in [6.45, 7) is 0.161. The number of carbonyl (C=O) groups is 1. The van der Waals surface area contributed by atoms with Gasteiger partial charge in [0.25, 0.3) is 0 Å². The topological polar surface area (TPSA) is 56.7 Å². The highest BCUT2D eigenvalue weighted by Crippen LogP contribution is 2.30. The molecule has 1 aliphatic carbocycles. The number of nitrogens with one attached hydrogen (secondary N) is 2. The summed E-state index contributed by atoms with van der Waals surface area (Å²) in [5, 5.41) is 6.96. The molecular weight excluding hydrogens is 528 g/mol. The second-order valence-electron chi connectivity index (χ2n) is 7.37. The van der Waals surface area contributed by atoms with Crippen LogP contribution in [-0.2, 0) is 17.5 Å². The van der Waals surface area contributed by atoms with Crippen LogP contribution in [0.15, 0.2) is 29.3 Å². The van der Waals surface area contributed by atoms with Crippen molar-refractivity contribution in [1.29, 1.82) is 0 Å². The van der Waals surface area contributed by atoms with E-state index >= 15 is 0 Å². The summed E-state index contributed by atoms with van der Waals surface area (Å²) in [4.78, 5) is 17.8. The quantitative estimate of drug-likeness (QED) is 0.314. The van der Waals surface area contributed by atoms with E-state index in [-0.39, 0.29) is 49.0 Å². The number of alkyl halides is 3. The number of guanidine groups is 1. The molecule has 0 aromatic heterocycles. The van der Waals surface area contributed by atoms with Gasteiger partial charge in [-0.2, -0.15) is 24.9 Å². The van der Waals surface area contributed by atoms with E-state index in [9.17, 15) is 18.0 Å². The Labute approximate surface area is 197 Å². The number of hydrogen-bond acceptors (Lipinski definition) is 3. The summed E-state index contributed by atoms with van der Waals surface area (Å²) >= 11 is 1.85. The number of benzene rings is 1. The molecular formula is C20H30F3IN4OS. The van der Waals surface area contributed by atoms with Gasteiger partial charge in [0.15, 0.2) is 5.96 Å². The highest BCUT2D eigenvalue weighted by molar-refractivity contribution is 14.0. The maximum atomic E-state index is 12.9. The van der Waals surface area contributed by atoms with Crippen molar-refractivity contribution < 1.29 is 18.0 Å². The van der Waals surface area contributed by atoms with Crippen LogP contribution in [0.1, 0.15) is 36.8 Å². The lowest BCUT2D eigenvalue weighted by Crippen LogP contribution is -2.48. The molecule has 2 atom stereocenters. The van der Waals surface area contributed by atoms with Crippen molar-refractivity contribution in [3.8, 4) is 0 Å². The number of rotatable bonds is 6. The number of hydrogen-bond donors (Lipinski definition) is 2. The minimum atomic E-state index is -4.38. The predicted molar refractivity (Wildman–Crippen MR) is 127 cm³/mol. The third-order valence-electron chi connectivity index (χ3n) is 4.88. The molecule has 0 aliphatic heterocycles. The third kappa shape index (κ3) is 8.91. The first-order chi connectivity index (χ1) is 13.7. The zero-order valence-electron chi connectivity index (χ0n) is 17.5. The SMILES string of the molecule is CSC1CCCC(NC(=NCc2cccc(C(F)(F)F)c2)NCC(=O)N(C)C)C1.I. The minimum absolute atomic E-state index is 0. The van der Waals surface area contributed by atoms with E-state index in [4.69, 9.17) is 0 Å². The van der Waals surface area contributed by atoms with Crippen LogP contribution in [0.2, 0.25) is 0 Å². The number of amides is 1. The zero-order chi connectivity index (χ0) is 21.4. The van der Waals surface area contributed by atoms with E-state index < -0.39 is 11.7 Å². The van der Waals surface area contributed by atoms with Gasteiger partial charge in [0.1, 0.15) is 0 Å². The third-order valence-corrected chi connectivity index (χ3v) is 5.98. The monoisotopic (exact) mass is 558 g/mol. The fourth-order valence-electron chi connectivity index (χ4n) is 3.17. The molecule has 0 saturated heterocycles.